The zero-order valence-corrected chi connectivity index (χ0v) is 17.7. The number of benzene rings is 2. The number of carbonyl (C=O) groups is 1. The van der Waals surface area contributed by atoms with E-state index in [0.717, 1.165) is 5.56 Å². The van der Waals surface area contributed by atoms with Crippen LogP contribution < -0.4 is 10.9 Å². The van der Waals surface area contributed by atoms with Crippen LogP contribution in [0.15, 0.2) is 58.5 Å². The van der Waals surface area contributed by atoms with Crippen LogP contribution in [0.2, 0.25) is 0 Å². The summed E-state index contributed by atoms with van der Waals surface area (Å²) in [6.07, 6.45) is 0.662. The number of hydrogen-bond acceptors (Lipinski definition) is 5. The highest BCUT2D eigenvalue weighted by atomic mass is 32.2. The summed E-state index contributed by atoms with van der Waals surface area (Å²) in [5, 5.41) is 3.43. The van der Waals surface area contributed by atoms with E-state index in [1.165, 1.54) is 23.9 Å². The average molecular weight is 430 g/mol. The molecule has 1 aromatic heterocycles. The van der Waals surface area contributed by atoms with Crippen molar-refractivity contribution in [1.29, 1.82) is 0 Å². The molecule has 2 aromatic carbocycles. The summed E-state index contributed by atoms with van der Waals surface area (Å²) in [5.74, 6) is -0.502. The van der Waals surface area contributed by atoms with Gasteiger partial charge in [0.1, 0.15) is 5.82 Å². The van der Waals surface area contributed by atoms with Crippen LogP contribution in [-0.2, 0) is 22.6 Å². The first-order chi connectivity index (χ1) is 14.5. The minimum atomic E-state index is -0.466. The van der Waals surface area contributed by atoms with Crippen LogP contribution in [0, 0.1) is 5.82 Å². The maximum atomic E-state index is 13.0. The molecule has 0 spiro atoms. The molecule has 1 heterocycles. The molecule has 3 rings (SSSR count). The quantitative estimate of drug-likeness (QED) is 0.321. The van der Waals surface area contributed by atoms with Crippen LogP contribution in [0.3, 0.4) is 0 Å². The second-order valence-electron chi connectivity index (χ2n) is 6.82. The average Bonchev–Trinajstić information content (AvgIpc) is 2.75. The van der Waals surface area contributed by atoms with Gasteiger partial charge in [0.25, 0.3) is 5.56 Å². The van der Waals surface area contributed by atoms with Crippen molar-refractivity contribution in [3.8, 4) is 0 Å². The van der Waals surface area contributed by atoms with Crippen molar-refractivity contribution < 1.29 is 13.9 Å². The molecular weight excluding hydrogens is 405 g/mol. The third-order valence-corrected chi connectivity index (χ3v) is 5.68. The molecule has 8 heteroatoms. The van der Waals surface area contributed by atoms with Crippen LogP contribution in [0.4, 0.5) is 4.39 Å². The Kier molecular flexibility index (Phi) is 7.59. The minimum Gasteiger partial charge on any atom is -0.385 e. The maximum Gasteiger partial charge on any atom is 0.262 e. The largest absolute Gasteiger partial charge is 0.385 e. The van der Waals surface area contributed by atoms with E-state index in [9.17, 15) is 14.0 Å². The Labute approximate surface area is 178 Å². The van der Waals surface area contributed by atoms with Gasteiger partial charge in [0.15, 0.2) is 5.16 Å². The Morgan fingerprint density at radius 2 is 1.97 bits per heavy atom. The monoisotopic (exact) mass is 429 g/mol. The number of aromatic nitrogens is 2. The van der Waals surface area contributed by atoms with Crippen molar-refractivity contribution in [3.63, 3.8) is 0 Å². The van der Waals surface area contributed by atoms with Crippen LogP contribution in [-0.4, -0.2) is 34.4 Å². The van der Waals surface area contributed by atoms with E-state index in [-0.39, 0.29) is 17.3 Å². The first kappa shape index (κ1) is 22.0. The summed E-state index contributed by atoms with van der Waals surface area (Å²) >= 11 is 1.24. The number of thioether (sulfide) groups is 1. The molecule has 0 aliphatic carbocycles. The smallest absolute Gasteiger partial charge is 0.262 e. The molecule has 0 bridgehead atoms. The number of carbonyl (C=O) groups excluding carboxylic acids is 1. The summed E-state index contributed by atoms with van der Waals surface area (Å²) in [7, 11) is 1.62. The zero-order valence-electron chi connectivity index (χ0n) is 16.9. The molecule has 1 atom stereocenters. The Morgan fingerprint density at radius 3 is 2.70 bits per heavy atom. The van der Waals surface area contributed by atoms with Gasteiger partial charge in [-0.2, -0.15) is 0 Å². The Morgan fingerprint density at radius 1 is 1.23 bits per heavy atom. The first-order valence-electron chi connectivity index (χ1n) is 9.67. The number of nitrogens with one attached hydrogen (secondary N) is 1. The second kappa shape index (κ2) is 10.4. The van der Waals surface area contributed by atoms with Crippen molar-refractivity contribution in [2.24, 2.45) is 0 Å². The third kappa shape index (κ3) is 5.46. The molecule has 0 saturated heterocycles. The SMILES string of the molecule is COCCCn1c(SC(C)C(=O)NCc2ccc(F)cc2)nc2ccccc2c1=O. The lowest BCUT2D eigenvalue weighted by molar-refractivity contribution is -0.120. The molecule has 0 fully saturated rings. The molecule has 30 heavy (non-hydrogen) atoms. The topological polar surface area (TPSA) is 73.2 Å². The molecule has 0 saturated carbocycles. The molecule has 158 valence electrons. The molecule has 3 aromatic rings. The van der Waals surface area contributed by atoms with E-state index in [0.29, 0.717) is 42.2 Å². The molecule has 1 unspecified atom stereocenters. The van der Waals surface area contributed by atoms with Crippen molar-refractivity contribution in [2.45, 2.75) is 36.8 Å². The lowest BCUT2D eigenvalue weighted by atomic mass is 10.2. The normalized spacial score (nSPS) is 12.1. The molecule has 0 aliphatic rings. The summed E-state index contributed by atoms with van der Waals surface area (Å²) < 4.78 is 19.7. The number of ether oxygens (including phenoxy) is 1. The van der Waals surface area contributed by atoms with E-state index < -0.39 is 5.25 Å². The molecule has 6 nitrogen and oxygen atoms in total. The van der Waals surface area contributed by atoms with Gasteiger partial charge in [0, 0.05) is 26.8 Å². The Hall–Kier alpha value is -2.71. The lowest BCUT2D eigenvalue weighted by Crippen LogP contribution is -2.31. The van der Waals surface area contributed by atoms with Gasteiger partial charge in [0.2, 0.25) is 5.91 Å². The van der Waals surface area contributed by atoms with Gasteiger partial charge in [-0.25, -0.2) is 9.37 Å². The highest BCUT2D eigenvalue weighted by Gasteiger charge is 2.19. The number of amides is 1. The molecule has 1 amide bonds. The van der Waals surface area contributed by atoms with Crippen LogP contribution in [0.1, 0.15) is 18.9 Å². The molecule has 0 radical (unpaired) electrons. The van der Waals surface area contributed by atoms with Crippen LogP contribution in [0.25, 0.3) is 10.9 Å². The summed E-state index contributed by atoms with van der Waals surface area (Å²) in [6, 6.07) is 13.2. The lowest BCUT2D eigenvalue weighted by Gasteiger charge is -2.16. The van der Waals surface area contributed by atoms with Gasteiger partial charge >= 0.3 is 0 Å². The fourth-order valence-electron chi connectivity index (χ4n) is 2.95. The summed E-state index contributed by atoms with van der Waals surface area (Å²) in [4.78, 5) is 30.2. The summed E-state index contributed by atoms with van der Waals surface area (Å²) in [5.41, 5.74) is 1.28. The predicted octanol–water partition coefficient (Wildman–Crippen LogP) is 3.37. The number of halogens is 1. The van der Waals surface area contributed by atoms with Crippen LogP contribution >= 0.6 is 11.8 Å². The van der Waals surface area contributed by atoms with E-state index in [1.807, 2.05) is 12.1 Å². The first-order valence-corrected chi connectivity index (χ1v) is 10.5. The third-order valence-electron chi connectivity index (χ3n) is 4.59. The number of methoxy groups -OCH3 is 1. The van der Waals surface area contributed by atoms with Gasteiger partial charge < -0.3 is 10.1 Å². The number of para-hydroxylation sites is 1. The fraction of sp³-hybridized carbons (Fsp3) is 0.318. The molecule has 0 aliphatic heterocycles. The van der Waals surface area contributed by atoms with Crippen molar-refractivity contribution in [3.05, 3.63) is 70.3 Å². The van der Waals surface area contributed by atoms with Gasteiger partial charge in [-0.3, -0.25) is 14.2 Å². The Bertz CT molecular complexity index is 1070. The van der Waals surface area contributed by atoms with Gasteiger partial charge in [-0.05, 0) is 43.2 Å². The Balaban J connectivity index is 1.76. The summed E-state index contributed by atoms with van der Waals surface area (Å²) in [6.45, 7) is 3.05. The number of hydrogen-bond donors (Lipinski definition) is 1. The highest BCUT2D eigenvalue weighted by Crippen LogP contribution is 2.23. The standard InChI is InChI=1S/C22H24FN3O3S/c1-15(20(27)24-14-16-8-10-17(23)11-9-16)30-22-25-19-7-4-3-6-18(19)21(28)26(22)12-5-13-29-2/h3-4,6-11,15H,5,12-14H2,1-2H3,(H,24,27). The van der Waals surface area contributed by atoms with Crippen molar-refractivity contribution in [1.82, 2.24) is 14.9 Å². The zero-order chi connectivity index (χ0) is 21.5. The maximum absolute atomic E-state index is 13.0. The number of fused-ring (bicyclic) bond motifs is 1. The van der Waals surface area contributed by atoms with E-state index in [1.54, 1.807) is 42.9 Å². The molecular formula is C22H24FN3O3S. The van der Waals surface area contributed by atoms with Crippen molar-refractivity contribution >= 4 is 28.6 Å². The second-order valence-corrected chi connectivity index (χ2v) is 8.13. The molecule has 1 N–H and O–H groups in total. The van der Waals surface area contributed by atoms with E-state index in [4.69, 9.17) is 4.74 Å². The van der Waals surface area contributed by atoms with E-state index >= 15 is 0 Å². The highest BCUT2D eigenvalue weighted by molar-refractivity contribution is 8.00. The number of rotatable bonds is 9. The van der Waals surface area contributed by atoms with Gasteiger partial charge in [0.05, 0.1) is 16.2 Å². The van der Waals surface area contributed by atoms with E-state index in [2.05, 4.69) is 10.3 Å². The van der Waals surface area contributed by atoms with Crippen molar-refractivity contribution in [2.75, 3.05) is 13.7 Å². The fourth-order valence-corrected chi connectivity index (χ4v) is 3.91. The van der Waals surface area contributed by atoms with Gasteiger partial charge in [-0.15, -0.1) is 0 Å². The predicted molar refractivity (Wildman–Crippen MR) is 116 cm³/mol. The number of nitrogens with zero attached hydrogens (tertiary/aromatic N) is 2. The minimum absolute atomic E-state index is 0.127. The van der Waals surface area contributed by atoms with Crippen LogP contribution in [0.5, 0.6) is 0 Å². The van der Waals surface area contributed by atoms with Gasteiger partial charge in [-0.1, -0.05) is 36.0 Å².